The van der Waals surface area contributed by atoms with Crippen molar-refractivity contribution >= 4 is 33.9 Å². The molecule has 2 atom stereocenters. The van der Waals surface area contributed by atoms with Crippen molar-refractivity contribution in [3.8, 4) is 6.07 Å². The topological polar surface area (TPSA) is 91.5 Å². The highest BCUT2D eigenvalue weighted by atomic mass is 35.5. The van der Waals surface area contributed by atoms with Crippen molar-refractivity contribution in [3.05, 3.63) is 112 Å². The van der Waals surface area contributed by atoms with E-state index in [9.17, 15) is 11.0 Å². The summed E-state index contributed by atoms with van der Waals surface area (Å²) < 4.78 is 25.2. The molecule has 2 N–H and O–H groups in total. The Balaban J connectivity index is 1.42. The van der Waals surface area contributed by atoms with Crippen LogP contribution in [0.4, 0.5) is 15.8 Å². The van der Waals surface area contributed by atoms with Gasteiger partial charge in [0.15, 0.2) is 0 Å². The Morgan fingerprint density at radius 1 is 1.15 bits per heavy atom. The molecule has 0 amide bonds. The average molecular weight is 567 g/mol. The summed E-state index contributed by atoms with van der Waals surface area (Å²) >= 11 is 6.77. The maximum absolute atomic E-state index is 13.9. The van der Waals surface area contributed by atoms with Gasteiger partial charge in [0, 0.05) is 23.3 Å². The van der Waals surface area contributed by atoms with Gasteiger partial charge in [-0.25, -0.2) is 9.07 Å². The maximum atomic E-state index is 13.9. The molecule has 0 aliphatic heterocycles. The van der Waals surface area contributed by atoms with Crippen molar-refractivity contribution in [2.45, 2.75) is 50.7 Å². The highest BCUT2D eigenvalue weighted by Gasteiger charge is 2.27. The largest absolute Gasteiger partial charge is 0.380 e. The monoisotopic (exact) mass is 566 g/mol. The van der Waals surface area contributed by atoms with Gasteiger partial charge in [-0.05, 0) is 61.1 Å². The molecule has 5 aromatic rings. The summed E-state index contributed by atoms with van der Waals surface area (Å²) in [6.07, 6.45) is 6.93. The van der Waals surface area contributed by atoms with Gasteiger partial charge in [-0.1, -0.05) is 66.2 Å². The van der Waals surface area contributed by atoms with Crippen molar-refractivity contribution in [1.82, 2.24) is 20.0 Å². The van der Waals surface area contributed by atoms with Crippen molar-refractivity contribution in [1.29, 1.82) is 5.26 Å². The predicted molar refractivity (Wildman–Crippen MR) is 159 cm³/mol. The first-order valence-electron chi connectivity index (χ1n) is 14.2. The molecule has 2 aromatic heterocycles. The van der Waals surface area contributed by atoms with Crippen LogP contribution in [0.5, 0.6) is 0 Å². The minimum atomic E-state index is -1.61. The number of hydrogen-bond donors (Lipinski definition) is 2. The molecule has 2 heterocycles. The number of rotatable bonds is 10. The molecule has 1 unspecified atom stereocenters. The molecule has 9 heteroatoms. The van der Waals surface area contributed by atoms with Gasteiger partial charge in [-0.3, -0.25) is 4.98 Å². The minimum Gasteiger partial charge on any atom is -0.380 e. The Kier molecular flexibility index (Phi) is 7.18. The van der Waals surface area contributed by atoms with Gasteiger partial charge in [-0.2, -0.15) is 5.26 Å². The van der Waals surface area contributed by atoms with E-state index in [1.807, 2.05) is 24.3 Å². The normalized spacial score (nSPS) is 15.5. The van der Waals surface area contributed by atoms with Crippen molar-refractivity contribution in [2.24, 2.45) is 0 Å². The summed E-state index contributed by atoms with van der Waals surface area (Å²) in [5.41, 5.74) is 4.12. The molecule has 1 aliphatic rings. The van der Waals surface area contributed by atoms with E-state index in [1.165, 1.54) is 23.9 Å². The molecule has 3 aromatic carbocycles. The van der Waals surface area contributed by atoms with Gasteiger partial charge in [0.1, 0.15) is 17.6 Å². The fraction of sp³-hybridized carbons (Fsp3) is 0.250. The van der Waals surface area contributed by atoms with Crippen LogP contribution in [0.25, 0.3) is 10.9 Å². The van der Waals surface area contributed by atoms with Gasteiger partial charge < -0.3 is 10.6 Å². The Morgan fingerprint density at radius 3 is 2.63 bits per heavy atom. The van der Waals surface area contributed by atoms with Gasteiger partial charge in [-0.15, -0.1) is 5.10 Å². The van der Waals surface area contributed by atoms with Crippen LogP contribution in [-0.2, 0) is 6.42 Å². The van der Waals surface area contributed by atoms with Crippen LogP contribution in [0, 0.1) is 17.1 Å². The maximum Gasteiger partial charge on any atom is 0.123 e. The van der Waals surface area contributed by atoms with Crippen LogP contribution in [-0.4, -0.2) is 26.0 Å². The van der Waals surface area contributed by atoms with E-state index in [4.69, 9.17) is 11.6 Å². The van der Waals surface area contributed by atoms with Gasteiger partial charge in [0.05, 0.1) is 41.4 Å². The summed E-state index contributed by atoms with van der Waals surface area (Å²) in [7, 11) is 0. The number of aromatic nitrogens is 4. The number of fused-ring (bicyclic) bond motifs is 1. The molecular formula is C32H29ClFN7. The lowest BCUT2D eigenvalue weighted by molar-refractivity contribution is 0.610. The molecule has 6 rings (SSSR count). The summed E-state index contributed by atoms with van der Waals surface area (Å²) in [4.78, 5) is 4.49. The summed E-state index contributed by atoms with van der Waals surface area (Å²) in [6, 6.07) is 20.5. The van der Waals surface area contributed by atoms with E-state index in [0.717, 1.165) is 25.7 Å². The molecule has 0 radical (unpaired) electrons. The zero-order valence-electron chi connectivity index (χ0n) is 23.5. The lowest BCUT2D eigenvalue weighted by Crippen LogP contribution is -2.22. The highest BCUT2D eigenvalue weighted by molar-refractivity contribution is 6.35. The number of nitrogens with zero attached hydrogens (tertiary/aromatic N) is 5. The molecule has 0 spiro atoms. The van der Waals surface area contributed by atoms with E-state index in [2.05, 4.69) is 51.1 Å². The molecule has 41 heavy (non-hydrogen) atoms. The van der Waals surface area contributed by atoms with Crippen LogP contribution >= 0.6 is 11.6 Å². The fourth-order valence-electron chi connectivity index (χ4n) is 4.93. The van der Waals surface area contributed by atoms with Crippen LogP contribution in [0.2, 0.25) is 5.02 Å². The summed E-state index contributed by atoms with van der Waals surface area (Å²) in [6.45, 7) is 2.10. The van der Waals surface area contributed by atoms with Crippen LogP contribution in [0.15, 0.2) is 79.1 Å². The SMILES string of the molecule is [2H][C@@](Nc1cc(Cl)c2ncc(C#N)c(NC(CC)Cc3ccccc3)c2c1)(c1ccc(F)cc1)c1cn(C2CC2)nn1. The Hall–Kier alpha value is -4.48. The smallest absolute Gasteiger partial charge is 0.123 e. The third kappa shape index (κ3) is 5.86. The third-order valence-corrected chi connectivity index (χ3v) is 7.59. The van der Waals surface area contributed by atoms with E-state index >= 15 is 0 Å². The number of hydrogen-bond acceptors (Lipinski definition) is 6. The van der Waals surface area contributed by atoms with Gasteiger partial charge >= 0.3 is 0 Å². The number of nitriles is 1. The number of benzene rings is 3. The van der Waals surface area contributed by atoms with E-state index in [0.29, 0.717) is 44.1 Å². The molecule has 206 valence electrons. The van der Waals surface area contributed by atoms with Crippen molar-refractivity contribution < 1.29 is 5.76 Å². The molecule has 1 saturated carbocycles. The second kappa shape index (κ2) is 11.6. The second-order valence-electron chi connectivity index (χ2n) is 10.3. The number of nitrogens with one attached hydrogen (secondary N) is 2. The van der Waals surface area contributed by atoms with Crippen LogP contribution < -0.4 is 10.6 Å². The second-order valence-corrected chi connectivity index (χ2v) is 10.7. The number of halogens is 2. The third-order valence-electron chi connectivity index (χ3n) is 7.30. The van der Waals surface area contributed by atoms with Crippen molar-refractivity contribution in [2.75, 3.05) is 10.6 Å². The standard InChI is InChI=1S/C32H29ClFN7/c1-2-24(14-20-6-4-3-5-7-20)37-30-22(17-35)18-36-32-27(30)15-25(16-28(32)33)38-31(21-8-10-23(34)11-9-21)29-19-41(40-39-29)26-12-13-26/h3-11,15-16,18-19,24,26,31,38H,2,12-14H2,1H3,(H,36,37)/t24?,31-/m1/s1/i31D. The Labute approximate surface area is 244 Å². The first-order chi connectivity index (χ1) is 20.4. The predicted octanol–water partition coefficient (Wildman–Crippen LogP) is 7.46. The van der Waals surface area contributed by atoms with E-state index in [1.54, 1.807) is 29.1 Å². The zero-order valence-corrected chi connectivity index (χ0v) is 23.2. The lowest BCUT2D eigenvalue weighted by Gasteiger charge is -2.22. The van der Waals surface area contributed by atoms with Crippen LogP contribution in [0.1, 0.15) is 62.0 Å². The van der Waals surface area contributed by atoms with Crippen molar-refractivity contribution in [3.63, 3.8) is 0 Å². The molecule has 1 fully saturated rings. The minimum absolute atomic E-state index is 0.0486. The summed E-state index contributed by atoms with van der Waals surface area (Å²) in [5, 5.41) is 26.5. The fourth-order valence-corrected chi connectivity index (χ4v) is 5.19. The average Bonchev–Trinajstić information content (AvgIpc) is 3.73. The molecule has 7 nitrogen and oxygen atoms in total. The summed E-state index contributed by atoms with van der Waals surface area (Å²) in [5.74, 6) is -0.400. The van der Waals surface area contributed by atoms with Gasteiger partial charge in [0.2, 0.25) is 0 Å². The first-order valence-corrected chi connectivity index (χ1v) is 14.0. The first kappa shape index (κ1) is 25.5. The molecule has 0 bridgehead atoms. The molecular weight excluding hydrogens is 537 g/mol. The molecule has 1 aliphatic carbocycles. The highest BCUT2D eigenvalue weighted by Crippen LogP contribution is 2.37. The van der Waals surface area contributed by atoms with Crippen LogP contribution in [0.3, 0.4) is 0 Å². The zero-order chi connectivity index (χ0) is 29.3. The Morgan fingerprint density at radius 2 is 1.93 bits per heavy atom. The Bertz CT molecular complexity index is 1770. The van der Waals surface area contributed by atoms with Gasteiger partial charge in [0.25, 0.3) is 0 Å². The quantitative estimate of drug-likeness (QED) is 0.182. The number of anilines is 2. The van der Waals surface area contributed by atoms with E-state index in [-0.39, 0.29) is 12.1 Å². The lowest BCUT2D eigenvalue weighted by atomic mass is 10.0. The number of pyridine rings is 1. The molecule has 0 saturated heterocycles. The van der Waals surface area contributed by atoms with E-state index < -0.39 is 11.8 Å².